The summed E-state index contributed by atoms with van der Waals surface area (Å²) in [6.07, 6.45) is -1.63. The third-order valence-corrected chi connectivity index (χ3v) is 7.45. The lowest BCUT2D eigenvalue weighted by molar-refractivity contribution is -0.274. The highest BCUT2D eigenvalue weighted by Crippen LogP contribution is 2.33. The molecule has 0 atom stereocenters. The van der Waals surface area contributed by atoms with E-state index in [1.54, 1.807) is 24.3 Å². The Morgan fingerprint density at radius 2 is 1.82 bits per heavy atom. The van der Waals surface area contributed by atoms with Crippen LogP contribution in [0.25, 0.3) is 17.1 Å². The molecule has 3 aromatic carbocycles. The molecular weight excluding hydrogens is 595 g/mol. The van der Waals surface area contributed by atoms with Crippen LogP contribution in [0.1, 0.15) is 18.9 Å². The molecule has 0 spiro atoms. The van der Waals surface area contributed by atoms with Gasteiger partial charge >= 0.3 is 12.4 Å². The third kappa shape index (κ3) is 7.19. The zero-order chi connectivity index (χ0) is 31.4. The lowest BCUT2D eigenvalue weighted by Gasteiger charge is -2.22. The van der Waals surface area contributed by atoms with Crippen LogP contribution >= 0.6 is 11.8 Å². The fourth-order valence-corrected chi connectivity index (χ4v) is 5.32. The Bertz CT molecular complexity index is 1690. The minimum atomic E-state index is -4.77. The smallest absolute Gasteiger partial charge is 0.406 e. The number of ether oxygens (including phenoxy) is 1. The van der Waals surface area contributed by atoms with Gasteiger partial charge < -0.3 is 15.0 Å². The summed E-state index contributed by atoms with van der Waals surface area (Å²) in [6.45, 7) is 2.07. The van der Waals surface area contributed by atoms with Gasteiger partial charge in [-0.2, -0.15) is 4.99 Å². The zero-order valence-corrected chi connectivity index (χ0v) is 24.8. The Balaban J connectivity index is 1.28. The van der Waals surface area contributed by atoms with E-state index < -0.39 is 12.4 Å². The molecule has 44 heavy (non-hydrogen) atoms. The maximum Gasteiger partial charge on any atom is 0.573 e. The molecule has 14 heteroatoms. The standard InChI is InChI=1S/C30H28F3N7O3S/c1-4-5-19-6-11-23(38(2)3)16-25(19)40-26(41)17-44-29(40)36-28(42)35-21-9-12-22(13-10-21)39-18-34-27(37-39)20-7-14-24(15-8-20)43-30(31,32)33/h6-16,18H,4-5,17H2,1-3H3,(H,35,42)/b36-29-. The number of carbonyl (C=O) groups is 2. The highest BCUT2D eigenvalue weighted by atomic mass is 32.2. The first-order valence-corrected chi connectivity index (χ1v) is 14.5. The first-order valence-electron chi connectivity index (χ1n) is 13.5. The molecule has 0 aliphatic carbocycles. The summed E-state index contributed by atoms with van der Waals surface area (Å²) < 4.78 is 42.6. The van der Waals surface area contributed by atoms with Crippen molar-refractivity contribution in [3.05, 3.63) is 78.6 Å². The molecule has 0 unspecified atom stereocenters. The van der Waals surface area contributed by atoms with Crippen molar-refractivity contribution in [1.82, 2.24) is 14.8 Å². The predicted molar refractivity (Wildman–Crippen MR) is 165 cm³/mol. The van der Waals surface area contributed by atoms with E-state index in [2.05, 4.69) is 32.1 Å². The summed E-state index contributed by atoms with van der Waals surface area (Å²) in [7, 11) is 3.85. The van der Waals surface area contributed by atoms with Crippen LogP contribution in [0.3, 0.4) is 0 Å². The molecule has 1 aliphatic rings. The van der Waals surface area contributed by atoms with Crippen LogP contribution in [-0.2, 0) is 11.2 Å². The highest BCUT2D eigenvalue weighted by Gasteiger charge is 2.32. The van der Waals surface area contributed by atoms with Crippen molar-refractivity contribution in [2.24, 2.45) is 4.99 Å². The molecule has 1 saturated heterocycles. The van der Waals surface area contributed by atoms with Gasteiger partial charge in [-0.1, -0.05) is 31.2 Å². The number of nitrogens with zero attached hydrogens (tertiary/aromatic N) is 6. The number of rotatable bonds is 8. The van der Waals surface area contributed by atoms with E-state index in [0.717, 1.165) is 29.8 Å². The van der Waals surface area contributed by atoms with Crippen LogP contribution in [0.4, 0.5) is 35.0 Å². The number of urea groups is 1. The number of nitrogens with one attached hydrogen (secondary N) is 1. The Morgan fingerprint density at radius 3 is 2.48 bits per heavy atom. The Kier molecular flexibility index (Phi) is 8.90. The molecule has 3 amide bonds. The second kappa shape index (κ2) is 12.8. The molecule has 1 aromatic heterocycles. The second-order valence-corrected chi connectivity index (χ2v) is 10.9. The fraction of sp³-hybridized carbons (Fsp3) is 0.233. The van der Waals surface area contributed by atoms with Crippen molar-refractivity contribution in [2.75, 3.05) is 35.0 Å². The number of amidine groups is 1. The van der Waals surface area contributed by atoms with E-state index in [9.17, 15) is 22.8 Å². The molecule has 1 N–H and O–H groups in total. The molecule has 4 aromatic rings. The van der Waals surface area contributed by atoms with E-state index in [1.165, 1.54) is 51.9 Å². The molecule has 0 saturated carbocycles. The molecule has 0 radical (unpaired) electrons. The average molecular weight is 624 g/mol. The number of benzene rings is 3. The third-order valence-electron chi connectivity index (χ3n) is 6.53. The summed E-state index contributed by atoms with van der Waals surface area (Å²) in [5.74, 6) is 0.0124. The zero-order valence-electron chi connectivity index (χ0n) is 24.0. The number of aromatic nitrogens is 3. The van der Waals surface area contributed by atoms with Crippen molar-refractivity contribution in [2.45, 2.75) is 26.1 Å². The number of carbonyl (C=O) groups excluding carboxylic acids is 2. The quantitative estimate of drug-likeness (QED) is 0.238. The van der Waals surface area contributed by atoms with E-state index in [4.69, 9.17) is 0 Å². The largest absolute Gasteiger partial charge is 0.573 e. The number of alkyl halides is 3. The summed E-state index contributed by atoms with van der Waals surface area (Å²) >= 11 is 1.21. The molecule has 2 heterocycles. The second-order valence-electron chi connectivity index (χ2n) is 9.93. The molecule has 5 rings (SSSR count). The van der Waals surface area contributed by atoms with Crippen molar-refractivity contribution < 1.29 is 27.5 Å². The molecular formula is C30H28F3N7O3S. The van der Waals surface area contributed by atoms with Crippen LogP contribution in [0.15, 0.2) is 78.0 Å². The SMILES string of the molecule is CCCc1ccc(N(C)C)cc1N1C(=O)CS/C1=N\C(=O)Nc1ccc(-n2cnc(-c3ccc(OC(F)(F)F)cc3)n2)cc1. The van der Waals surface area contributed by atoms with Gasteiger partial charge in [-0.25, -0.2) is 14.5 Å². The summed E-state index contributed by atoms with van der Waals surface area (Å²) in [4.78, 5) is 37.7. The van der Waals surface area contributed by atoms with Gasteiger partial charge in [0.15, 0.2) is 11.0 Å². The van der Waals surface area contributed by atoms with Crippen molar-refractivity contribution in [1.29, 1.82) is 0 Å². The van der Waals surface area contributed by atoms with Crippen molar-refractivity contribution in [3.8, 4) is 22.8 Å². The number of hydrogen-bond donors (Lipinski definition) is 1. The molecule has 10 nitrogen and oxygen atoms in total. The number of anilines is 3. The van der Waals surface area contributed by atoms with E-state index >= 15 is 0 Å². The van der Waals surface area contributed by atoms with E-state index in [0.29, 0.717) is 27.9 Å². The lowest BCUT2D eigenvalue weighted by atomic mass is 10.1. The monoisotopic (exact) mass is 623 g/mol. The molecule has 0 bridgehead atoms. The fourth-order valence-electron chi connectivity index (χ4n) is 4.46. The van der Waals surface area contributed by atoms with Gasteiger partial charge in [0, 0.05) is 31.0 Å². The Labute approximate surface area is 255 Å². The molecule has 1 aliphatic heterocycles. The number of thioether (sulfide) groups is 1. The van der Waals surface area contributed by atoms with E-state index in [-0.39, 0.29) is 17.4 Å². The lowest BCUT2D eigenvalue weighted by Crippen LogP contribution is -2.31. The van der Waals surface area contributed by atoms with Crippen molar-refractivity contribution in [3.63, 3.8) is 0 Å². The topological polar surface area (TPSA) is 105 Å². The predicted octanol–water partition coefficient (Wildman–Crippen LogP) is 6.52. The van der Waals surface area contributed by atoms with Crippen LogP contribution in [-0.4, -0.2) is 58.1 Å². The summed E-state index contributed by atoms with van der Waals surface area (Å²) in [5.41, 5.74) is 4.28. The van der Waals surface area contributed by atoms with Crippen LogP contribution in [0, 0.1) is 0 Å². The van der Waals surface area contributed by atoms with Gasteiger partial charge in [-0.05, 0) is 72.6 Å². The highest BCUT2D eigenvalue weighted by molar-refractivity contribution is 8.15. The number of aryl methyl sites for hydroxylation is 1. The number of hydrogen-bond acceptors (Lipinski definition) is 7. The van der Waals surface area contributed by atoms with Crippen molar-refractivity contribution >= 4 is 45.9 Å². The van der Waals surface area contributed by atoms with E-state index in [1.807, 2.05) is 37.2 Å². The van der Waals surface area contributed by atoms with Crippen LogP contribution < -0.4 is 19.9 Å². The summed E-state index contributed by atoms with van der Waals surface area (Å²) in [6, 6.07) is 17.3. The first-order chi connectivity index (χ1) is 21.0. The van der Waals surface area contributed by atoms with Gasteiger partial charge in [0.25, 0.3) is 0 Å². The van der Waals surface area contributed by atoms with Gasteiger partial charge in [-0.3, -0.25) is 9.69 Å². The minimum absolute atomic E-state index is 0.142. The van der Waals surface area contributed by atoms with Gasteiger partial charge in [0.1, 0.15) is 12.1 Å². The maximum atomic E-state index is 12.9. The van der Waals surface area contributed by atoms with Gasteiger partial charge in [0.05, 0.1) is 17.1 Å². The number of halogens is 3. The summed E-state index contributed by atoms with van der Waals surface area (Å²) in [5, 5.41) is 7.43. The maximum absolute atomic E-state index is 12.9. The Hall–Kier alpha value is -4.85. The Morgan fingerprint density at radius 1 is 1.09 bits per heavy atom. The number of aliphatic imine (C=N–C) groups is 1. The van der Waals surface area contributed by atoms with Gasteiger partial charge in [-0.15, -0.1) is 18.3 Å². The van der Waals surface area contributed by atoms with Crippen LogP contribution in [0.5, 0.6) is 5.75 Å². The molecule has 1 fully saturated rings. The normalized spacial score (nSPS) is 14.3. The van der Waals surface area contributed by atoms with Crippen LogP contribution in [0.2, 0.25) is 0 Å². The minimum Gasteiger partial charge on any atom is -0.406 e. The average Bonchev–Trinajstić information content (AvgIpc) is 3.60. The molecule has 228 valence electrons. The van der Waals surface area contributed by atoms with Gasteiger partial charge in [0.2, 0.25) is 5.91 Å². The first kappa shape index (κ1) is 30.6. The number of amides is 3.